The number of aliphatic hydroxyl groups is 13. The minimum Gasteiger partial charge on any atom is -0.481 e. The summed E-state index contributed by atoms with van der Waals surface area (Å²) >= 11 is 0. The van der Waals surface area contributed by atoms with Crippen molar-refractivity contribution in [1.82, 2.24) is 0 Å². The van der Waals surface area contributed by atoms with Crippen molar-refractivity contribution in [1.29, 1.82) is 0 Å². The molecule has 0 aromatic heterocycles. The molecule has 4 saturated carbocycles. The van der Waals surface area contributed by atoms with E-state index in [9.17, 15) is 76.3 Å². The van der Waals surface area contributed by atoms with Gasteiger partial charge in [-0.1, -0.05) is 60.1 Å². The Labute approximate surface area is 518 Å². The maximum atomic E-state index is 13.4. The zero-order valence-corrected chi connectivity index (χ0v) is 52.4. The number of aliphatic carboxylic acids is 1. The molecule has 0 aromatic rings. The molecule has 27 heteroatoms. The molecule has 34 atom stereocenters. The monoisotopic (exact) mass is 1280 g/mol. The molecule has 6 aliphatic heterocycles. The van der Waals surface area contributed by atoms with Gasteiger partial charge in [-0.15, -0.1) is 0 Å². The number of aliphatic hydroxyl groups excluding tert-OH is 13. The van der Waals surface area contributed by atoms with Crippen molar-refractivity contribution in [2.45, 2.75) is 292 Å². The zero-order chi connectivity index (χ0) is 64.6. The van der Waals surface area contributed by atoms with E-state index in [2.05, 4.69) is 54.5 Å². The van der Waals surface area contributed by atoms with Crippen LogP contribution in [-0.2, 0) is 61.6 Å². The molecule has 27 nitrogen and oxygen atoms in total. The maximum absolute atomic E-state index is 13.4. The summed E-state index contributed by atoms with van der Waals surface area (Å²) in [6.45, 7) is 16.9. The SMILES string of the molecule is C[C@@H]1O[C@@H](O[C@H]2CO[C@@H](O[C@H]3CC[C@@]4(C)C(CC[C@]5(C)[C@@H]4CC=C4[C@H]6CC(C)(C)CC[C@]6(C(=O)O)CC[C@]45C)C3(C)C)[C@H](O[C@@H]3O[C@@H](C)[C@H](O)[C@@H](O[C@H]4OC[C@@H](O)[C@H](O)[C@H]4O)[C@H]3O[C@H]3OC[C@@H](O)[C@H](O)[C@H]3O)[C@H]2O[C@H]2OC[C@@H](O)[C@H](O)[C@H]2O)[C@H](O)[C@H](O)[C@H]1O. The molecule has 6 saturated heterocycles. The summed E-state index contributed by atoms with van der Waals surface area (Å²) in [5, 5.41) is 154. The van der Waals surface area contributed by atoms with Crippen LogP contribution in [0.5, 0.6) is 0 Å². The molecule has 510 valence electrons. The second kappa shape index (κ2) is 25.3. The molecule has 0 amide bonds. The summed E-state index contributed by atoms with van der Waals surface area (Å²) in [6.07, 6.45) is -34.6. The van der Waals surface area contributed by atoms with Crippen LogP contribution in [0.1, 0.15) is 127 Å². The molecule has 5 aliphatic carbocycles. The van der Waals surface area contributed by atoms with Gasteiger partial charge in [0.1, 0.15) is 110 Å². The minimum absolute atomic E-state index is 0.000358. The molecular weight excluding hydrogens is 1180 g/mol. The lowest BCUT2D eigenvalue weighted by Gasteiger charge is -2.71. The van der Waals surface area contributed by atoms with E-state index in [0.29, 0.717) is 25.7 Å². The summed E-state index contributed by atoms with van der Waals surface area (Å²) in [6, 6.07) is 0. The van der Waals surface area contributed by atoms with Gasteiger partial charge in [-0.2, -0.15) is 0 Å². The van der Waals surface area contributed by atoms with Crippen molar-refractivity contribution in [3.8, 4) is 0 Å². The molecule has 11 aliphatic rings. The van der Waals surface area contributed by atoms with Crippen LogP contribution in [0.2, 0.25) is 0 Å². The van der Waals surface area contributed by atoms with Gasteiger partial charge in [-0.25, -0.2) is 0 Å². The molecular formula is C62H100O27. The molecule has 6 heterocycles. The molecule has 0 bridgehead atoms. The third-order valence-electron chi connectivity index (χ3n) is 24.1. The summed E-state index contributed by atoms with van der Waals surface area (Å²) < 4.78 is 76.3. The lowest BCUT2D eigenvalue weighted by Crippen LogP contribution is -2.68. The highest BCUT2D eigenvalue weighted by molar-refractivity contribution is 5.76. The third-order valence-corrected chi connectivity index (χ3v) is 24.1. The molecule has 14 N–H and O–H groups in total. The number of fused-ring (bicyclic) bond motifs is 7. The normalized spacial score (nSPS) is 55.0. The van der Waals surface area contributed by atoms with Gasteiger partial charge in [0.15, 0.2) is 37.7 Å². The fourth-order valence-electron chi connectivity index (χ4n) is 18.3. The average molecular weight is 1280 g/mol. The number of carboxylic acids is 1. The summed E-state index contributed by atoms with van der Waals surface area (Å²) in [5.74, 6) is -0.497. The van der Waals surface area contributed by atoms with Gasteiger partial charge in [-0.05, 0) is 123 Å². The molecule has 89 heavy (non-hydrogen) atoms. The molecule has 1 unspecified atom stereocenters. The topological polar surface area (TPSA) is 411 Å². The predicted molar refractivity (Wildman–Crippen MR) is 302 cm³/mol. The van der Waals surface area contributed by atoms with E-state index in [0.717, 1.165) is 38.5 Å². The fourth-order valence-corrected chi connectivity index (χ4v) is 18.3. The van der Waals surface area contributed by atoms with Gasteiger partial charge in [0.25, 0.3) is 0 Å². The molecule has 0 aromatic carbocycles. The van der Waals surface area contributed by atoms with E-state index in [1.165, 1.54) is 19.4 Å². The predicted octanol–water partition coefficient (Wildman–Crippen LogP) is -1.21. The Morgan fingerprint density at radius 3 is 1.55 bits per heavy atom. The number of allylic oxidation sites excluding steroid dienone is 2. The second-order valence-corrected chi connectivity index (χ2v) is 30.1. The van der Waals surface area contributed by atoms with Crippen LogP contribution in [-0.4, -0.2) is 270 Å². The first-order chi connectivity index (χ1) is 41.7. The van der Waals surface area contributed by atoms with Crippen molar-refractivity contribution in [2.75, 3.05) is 26.4 Å². The van der Waals surface area contributed by atoms with E-state index in [4.69, 9.17) is 56.8 Å². The van der Waals surface area contributed by atoms with Gasteiger partial charge < -0.3 is 128 Å². The summed E-state index contributed by atoms with van der Waals surface area (Å²) in [7, 11) is 0. The average Bonchev–Trinajstić information content (AvgIpc) is 0.690. The van der Waals surface area contributed by atoms with E-state index in [1.807, 2.05) is 0 Å². The van der Waals surface area contributed by atoms with Gasteiger partial charge >= 0.3 is 5.97 Å². The number of ether oxygens (including phenoxy) is 12. The lowest BCUT2D eigenvalue weighted by molar-refractivity contribution is -0.414. The first-order valence-electron chi connectivity index (χ1n) is 32.2. The van der Waals surface area contributed by atoms with E-state index in [-0.39, 0.29) is 39.4 Å². The Hall–Kier alpha value is -1.79. The van der Waals surface area contributed by atoms with E-state index >= 15 is 0 Å². The number of carbonyl (C=O) groups is 1. The van der Waals surface area contributed by atoms with Crippen LogP contribution in [0.3, 0.4) is 0 Å². The van der Waals surface area contributed by atoms with Gasteiger partial charge in [0, 0.05) is 0 Å². The van der Waals surface area contributed by atoms with Crippen LogP contribution in [0.4, 0.5) is 0 Å². The van der Waals surface area contributed by atoms with Crippen LogP contribution in [0.15, 0.2) is 11.6 Å². The largest absolute Gasteiger partial charge is 0.481 e. The van der Waals surface area contributed by atoms with Crippen LogP contribution in [0.25, 0.3) is 0 Å². The van der Waals surface area contributed by atoms with Crippen LogP contribution in [0, 0.1) is 50.2 Å². The molecule has 11 rings (SSSR count). The maximum Gasteiger partial charge on any atom is 0.310 e. The van der Waals surface area contributed by atoms with E-state index < -0.39 is 209 Å². The van der Waals surface area contributed by atoms with Gasteiger partial charge in [0.05, 0.1) is 50.2 Å². The highest BCUT2D eigenvalue weighted by Gasteiger charge is 2.70. The molecule has 0 spiro atoms. The molecule has 0 radical (unpaired) electrons. The smallest absolute Gasteiger partial charge is 0.310 e. The van der Waals surface area contributed by atoms with Gasteiger partial charge in [0.2, 0.25) is 0 Å². The number of hydrogen-bond donors (Lipinski definition) is 14. The summed E-state index contributed by atoms with van der Waals surface area (Å²) in [5.41, 5.74) is -0.780. The first-order valence-corrected chi connectivity index (χ1v) is 32.2. The van der Waals surface area contributed by atoms with Gasteiger partial charge in [-0.3, -0.25) is 4.79 Å². The number of rotatable bonds is 13. The van der Waals surface area contributed by atoms with Crippen LogP contribution >= 0.6 is 0 Å². The highest BCUT2D eigenvalue weighted by Crippen LogP contribution is 2.76. The Morgan fingerprint density at radius 2 is 0.966 bits per heavy atom. The minimum atomic E-state index is -1.95. The van der Waals surface area contributed by atoms with Crippen molar-refractivity contribution in [3.63, 3.8) is 0 Å². The molecule has 10 fully saturated rings. The standard InChI is InChI=1S/C62H100O27/c1-25-36(66)41(71)45(75)53(82-25)84-32-24-81-54(85-35-13-14-59(7)33(58(35,5)6)12-15-61(9)34(59)11-10-27-28-20-57(3,4)16-18-62(28,56(76)77)19-17-60(27,61)8)48(46(32)86-50-42(72)38(68)29(63)21-78-50)89-55-49(88-52-44(74)40(70)31(65)23-80-52)47(37(67)26(2)83-55)87-51-43(73)39(69)30(64)22-79-51/h10,25-26,28-55,63-75H,11-24H2,1-9H3,(H,76,77)/t25-,26-,28+,29+,30+,31+,32-,33?,34+,35-,36-,37-,38-,39-,40-,41+,42+,43+,44+,45+,46-,47+,48+,49+,50+,51+,52+,53-,54-,55-,59-,60+,61+,62-/m0/s1. The van der Waals surface area contributed by atoms with Crippen LogP contribution < -0.4 is 0 Å². The highest BCUT2D eigenvalue weighted by atomic mass is 16.8. The third kappa shape index (κ3) is 11.8. The van der Waals surface area contributed by atoms with Crippen molar-refractivity contribution in [3.05, 3.63) is 11.6 Å². The lowest BCUT2D eigenvalue weighted by atomic mass is 9.33. The fraction of sp³-hybridized carbons (Fsp3) is 0.952. The number of hydrogen-bond acceptors (Lipinski definition) is 26. The second-order valence-electron chi connectivity index (χ2n) is 30.1. The quantitative estimate of drug-likeness (QED) is 0.0760. The first kappa shape index (κ1) is 68.6. The van der Waals surface area contributed by atoms with Crippen molar-refractivity contribution < 1.29 is 133 Å². The Morgan fingerprint density at radius 1 is 0.472 bits per heavy atom. The van der Waals surface area contributed by atoms with Crippen molar-refractivity contribution in [2.24, 2.45) is 50.2 Å². The van der Waals surface area contributed by atoms with E-state index in [1.54, 1.807) is 0 Å². The van der Waals surface area contributed by atoms with Crippen molar-refractivity contribution >= 4 is 5.97 Å². The zero-order valence-electron chi connectivity index (χ0n) is 52.4. The number of carboxylic acid groups (broad SMARTS) is 1. The Balaban J connectivity index is 0.955. The Bertz CT molecular complexity index is 2510. The Kier molecular flexibility index (Phi) is 19.5. The summed E-state index contributed by atoms with van der Waals surface area (Å²) in [4.78, 5) is 13.4.